The van der Waals surface area contributed by atoms with Crippen molar-refractivity contribution < 1.29 is 14.7 Å². The molecule has 1 aromatic rings. The summed E-state index contributed by atoms with van der Waals surface area (Å²) in [5, 5.41) is 11.9. The minimum atomic E-state index is -1.17. The summed E-state index contributed by atoms with van der Waals surface area (Å²) in [6.07, 6.45) is 5.66. The number of carboxylic acids is 1. The van der Waals surface area contributed by atoms with E-state index in [1.165, 1.54) is 19.2 Å². The number of rotatable bonds is 3. The molecule has 7 heteroatoms. The van der Waals surface area contributed by atoms with Gasteiger partial charge in [-0.2, -0.15) is 0 Å². The van der Waals surface area contributed by atoms with E-state index >= 15 is 0 Å². The first-order valence-electron chi connectivity index (χ1n) is 6.98. The summed E-state index contributed by atoms with van der Waals surface area (Å²) in [6, 6.07) is 0.487. The Hall–Kier alpha value is -1.89. The summed E-state index contributed by atoms with van der Waals surface area (Å²) < 4.78 is 0. The van der Waals surface area contributed by atoms with E-state index in [1.54, 1.807) is 0 Å². The second kappa shape index (κ2) is 5.24. The van der Waals surface area contributed by atoms with Crippen LogP contribution in [0.25, 0.3) is 0 Å². The molecule has 3 N–H and O–H groups in total. The molecule has 0 aromatic carbocycles. The molecule has 0 aliphatic carbocycles. The van der Waals surface area contributed by atoms with Crippen LogP contribution in [0.15, 0.2) is 6.33 Å². The van der Waals surface area contributed by atoms with E-state index in [2.05, 4.69) is 20.2 Å². The average molecular weight is 278 g/mol. The lowest BCUT2D eigenvalue weighted by molar-refractivity contribution is 0.0684. The molecule has 2 aliphatic heterocycles. The summed E-state index contributed by atoms with van der Waals surface area (Å²) in [5.74, 6) is -1.57. The van der Waals surface area contributed by atoms with Crippen molar-refractivity contribution in [3.63, 3.8) is 0 Å². The monoisotopic (exact) mass is 278 g/mol. The van der Waals surface area contributed by atoms with Crippen molar-refractivity contribution in [1.82, 2.24) is 20.2 Å². The molecule has 3 heterocycles. The fourth-order valence-electron chi connectivity index (χ4n) is 3.28. The first kappa shape index (κ1) is 13.1. The number of H-pyrrole nitrogens is 1. The number of carboxylic acid groups (broad SMARTS) is 1. The molecule has 2 aliphatic rings. The Morgan fingerprint density at radius 1 is 1.35 bits per heavy atom. The van der Waals surface area contributed by atoms with Crippen molar-refractivity contribution in [3.8, 4) is 0 Å². The van der Waals surface area contributed by atoms with Gasteiger partial charge in [-0.3, -0.25) is 9.69 Å². The van der Waals surface area contributed by atoms with E-state index in [9.17, 15) is 9.59 Å². The first-order valence-corrected chi connectivity index (χ1v) is 6.98. The van der Waals surface area contributed by atoms with E-state index < -0.39 is 11.9 Å². The molecule has 0 bridgehead atoms. The maximum Gasteiger partial charge on any atom is 0.354 e. The highest BCUT2D eigenvalue weighted by atomic mass is 16.4. The highest BCUT2D eigenvalue weighted by molar-refractivity contribution is 6.02. The van der Waals surface area contributed by atoms with Crippen molar-refractivity contribution in [3.05, 3.63) is 17.7 Å². The lowest BCUT2D eigenvalue weighted by atomic mass is 9.99. The molecule has 1 amide bonds. The van der Waals surface area contributed by atoms with Gasteiger partial charge in [0.1, 0.15) is 0 Å². The van der Waals surface area contributed by atoms with Gasteiger partial charge in [0.05, 0.1) is 6.33 Å². The Morgan fingerprint density at radius 3 is 3.00 bits per heavy atom. The second-order valence-corrected chi connectivity index (χ2v) is 5.40. The van der Waals surface area contributed by atoms with Gasteiger partial charge in [-0.1, -0.05) is 6.42 Å². The number of carbonyl (C=O) groups is 2. The number of nitrogens with one attached hydrogen (secondary N) is 2. The average Bonchev–Trinajstić information content (AvgIpc) is 3.06. The molecule has 1 aromatic heterocycles. The molecule has 2 fully saturated rings. The molecule has 20 heavy (non-hydrogen) atoms. The topological polar surface area (TPSA) is 98.3 Å². The number of fused-ring (bicyclic) bond motifs is 1. The number of aromatic carboxylic acids is 1. The van der Waals surface area contributed by atoms with E-state index in [0.29, 0.717) is 6.04 Å². The lowest BCUT2D eigenvalue weighted by Gasteiger charge is -2.32. The van der Waals surface area contributed by atoms with Crippen molar-refractivity contribution in [2.24, 2.45) is 0 Å². The summed E-state index contributed by atoms with van der Waals surface area (Å²) in [7, 11) is 0. The zero-order valence-corrected chi connectivity index (χ0v) is 11.1. The fraction of sp³-hybridized carbons (Fsp3) is 0.615. The number of nitrogens with zero attached hydrogens (tertiary/aromatic N) is 2. The van der Waals surface area contributed by atoms with Gasteiger partial charge in [-0.15, -0.1) is 0 Å². The number of imidazole rings is 1. The first-order chi connectivity index (χ1) is 9.66. The number of amides is 1. The Balaban J connectivity index is 1.70. The van der Waals surface area contributed by atoms with Gasteiger partial charge in [0.2, 0.25) is 0 Å². The predicted octanol–water partition coefficient (Wildman–Crippen LogP) is 0.464. The number of aromatic nitrogens is 2. The standard InChI is InChI=1S/C13H18N4O3/c18-12(10-11(13(19)20)15-7-14-10)16-8-4-6-17-5-2-1-3-9(8)17/h7-9H,1-6H2,(H,14,15)(H,16,18)(H,19,20). The van der Waals surface area contributed by atoms with Crippen LogP contribution >= 0.6 is 0 Å². The van der Waals surface area contributed by atoms with Crippen LogP contribution in [0.1, 0.15) is 46.7 Å². The van der Waals surface area contributed by atoms with Gasteiger partial charge in [0.15, 0.2) is 11.4 Å². The van der Waals surface area contributed by atoms with Gasteiger partial charge in [0.25, 0.3) is 5.91 Å². The number of piperidine rings is 1. The molecule has 7 nitrogen and oxygen atoms in total. The lowest BCUT2D eigenvalue weighted by Crippen LogP contribution is -2.47. The van der Waals surface area contributed by atoms with Crippen LogP contribution in [0.2, 0.25) is 0 Å². The zero-order valence-electron chi connectivity index (χ0n) is 11.1. The van der Waals surface area contributed by atoms with Crippen molar-refractivity contribution in [2.75, 3.05) is 13.1 Å². The highest BCUT2D eigenvalue weighted by Crippen LogP contribution is 2.27. The number of carbonyl (C=O) groups excluding carboxylic acids is 1. The quantitative estimate of drug-likeness (QED) is 0.746. The molecule has 2 saturated heterocycles. The normalized spacial score (nSPS) is 26.2. The van der Waals surface area contributed by atoms with Crippen molar-refractivity contribution in [2.45, 2.75) is 37.8 Å². The van der Waals surface area contributed by atoms with Crippen LogP contribution in [-0.2, 0) is 0 Å². The number of hydrogen-bond acceptors (Lipinski definition) is 4. The maximum atomic E-state index is 12.2. The van der Waals surface area contributed by atoms with Gasteiger partial charge in [-0.25, -0.2) is 9.78 Å². The smallest absolute Gasteiger partial charge is 0.354 e. The Kier molecular flexibility index (Phi) is 3.43. The summed E-state index contributed by atoms with van der Waals surface area (Å²) in [4.78, 5) is 31.9. The van der Waals surface area contributed by atoms with Crippen LogP contribution in [0.3, 0.4) is 0 Å². The second-order valence-electron chi connectivity index (χ2n) is 5.40. The molecule has 3 rings (SSSR count). The molecule has 0 spiro atoms. The minimum absolute atomic E-state index is 0.0354. The van der Waals surface area contributed by atoms with Crippen LogP contribution in [-0.4, -0.2) is 57.0 Å². The summed E-state index contributed by atoms with van der Waals surface area (Å²) in [5.41, 5.74) is -0.187. The van der Waals surface area contributed by atoms with Gasteiger partial charge in [0, 0.05) is 18.6 Å². The largest absolute Gasteiger partial charge is 0.477 e. The minimum Gasteiger partial charge on any atom is -0.477 e. The van der Waals surface area contributed by atoms with Crippen LogP contribution < -0.4 is 5.32 Å². The maximum absolute atomic E-state index is 12.2. The Labute approximate surface area is 116 Å². The third-order valence-corrected chi connectivity index (χ3v) is 4.24. The summed E-state index contributed by atoms with van der Waals surface area (Å²) in [6.45, 7) is 2.10. The van der Waals surface area contributed by atoms with Crippen LogP contribution in [0.5, 0.6) is 0 Å². The third-order valence-electron chi connectivity index (χ3n) is 4.24. The zero-order chi connectivity index (χ0) is 14.1. The van der Waals surface area contributed by atoms with Crippen molar-refractivity contribution in [1.29, 1.82) is 0 Å². The molecule has 0 radical (unpaired) electrons. The Morgan fingerprint density at radius 2 is 2.20 bits per heavy atom. The Bertz CT molecular complexity index is 527. The predicted molar refractivity (Wildman–Crippen MR) is 70.6 cm³/mol. The van der Waals surface area contributed by atoms with E-state index in [-0.39, 0.29) is 17.4 Å². The van der Waals surface area contributed by atoms with Gasteiger partial charge >= 0.3 is 5.97 Å². The van der Waals surface area contributed by atoms with Crippen molar-refractivity contribution >= 4 is 11.9 Å². The van der Waals surface area contributed by atoms with E-state index in [4.69, 9.17) is 5.11 Å². The van der Waals surface area contributed by atoms with E-state index in [0.717, 1.165) is 25.9 Å². The third kappa shape index (κ3) is 2.29. The van der Waals surface area contributed by atoms with Crippen LogP contribution in [0.4, 0.5) is 0 Å². The number of hydrogen-bond donors (Lipinski definition) is 3. The molecular weight excluding hydrogens is 260 g/mol. The molecule has 108 valence electrons. The van der Waals surface area contributed by atoms with Gasteiger partial charge in [-0.05, 0) is 25.8 Å². The summed E-state index contributed by atoms with van der Waals surface area (Å²) >= 11 is 0. The molecule has 2 unspecified atom stereocenters. The molecule has 2 atom stereocenters. The van der Waals surface area contributed by atoms with Gasteiger partial charge < -0.3 is 15.4 Å². The highest BCUT2D eigenvalue weighted by Gasteiger charge is 2.37. The number of aromatic amines is 1. The SMILES string of the molecule is O=C(NC1CCN2CCCCC12)c1nc[nH]c1C(=O)O. The molecular formula is C13H18N4O3. The van der Waals surface area contributed by atoms with Crippen LogP contribution in [0, 0.1) is 0 Å². The van der Waals surface area contributed by atoms with E-state index in [1.807, 2.05) is 0 Å². The fourth-order valence-corrected chi connectivity index (χ4v) is 3.28. The molecule has 0 saturated carbocycles.